The van der Waals surface area contributed by atoms with Gasteiger partial charge >= 0.3 is 0 Å². The molecule has 22 heavy (non-hydrogen) atoms. The molecule has 3 nitrogen and oxygen atoms in total. The molecule has 1 aliphatic heterocycles. The van der Waals surface area contributed by atoms with Crippen molar-refractivity contribution in [2.24, 2.45) is 11.8 Å². The van der Waals surface area contributed by atoms with E-state index < -0.39 is 0 Å². The van der Waals surface area contributed by atoms with E-state index in [9.17, 15) is 4.79 Å². The first-order valence-corrected chi connectivity index (χ1v) is 9.52. The Morgan fingerprint density at radius 3 is 2.50 bits per heavy atom. The average molecular weight is 321 g/mol. The van der Waals surface area contributed by atoms with Crippen molar-refractivity contribution in [2.75, 3.05) is 25.1 Å². The SMILES string of the molecule is CSCC(=O)NCc1ccccc1CN1C[C@@H](C)C[C@H](C)C1. The zero-order valence-electron chi connectivity index (χ0n) is 14.0. The Morgan fingerprint density at radius 2 is 1.86 bits per heavy atom. The molecule has 1 fully saturated rings. The molecule has 2 atom stereocenters. The highest BCUT2D eigenvalue weighted by atomic mass is 32.2. The predicted molar refractivity (Wildman–Crippen MR) is 94.9 cm³/mol. The normalized spacial score (nSPS) is 22.5. The van der Waals surface area contributed by atoms with Gasteiger partial charge in [0.05, 0.1) is 5.75 Å². The summed E-state index contributed by atoms with van der Waals surface area (Å²) in [6, 6.07) is 8.48. The Bertz CT molecular complexity index is 482. The number of thioether (sulfide) groups is 1. The minimum Gasteiger partial charge on any atom is -0.351 e. The molecule has 1 amide bonds. The molecular formula is C18H28N2OS. The monoisotopic (exact) mass is 320 g/mol. The third-order valence-corrected chi connectivity index (χ3v) is 4.76. The average Bonchev–Trinajstić information content (AvgIpc) is 2.45. The number of benzene rings is 1. The number of amides is 1. The number of hydrogen-bond acceptors (Lipinski definition) is 3. The molecule has 1 aromatic rings. The molecule has 2 rings (SSSR count). The molecule has 0 radical (unpaired) electrons. The van der Waals surface area contributed by atoms with Gasteiger partial charge in [0.2, 0.25) is 5.91 Å². The Labute approximate surface area is 138 Å². The van der Waals surface area contributed by atoms with E-state index in [1.807, 2.05) is 6.26 Å². The van der Waals surface area contributed by atoms with Crippen molar-refractivity contribution >= 4 is 17.7 Å². The van der Waals surface area contributed by atoms with Crippen LogP contribution < -0.4 is 5.32 Å². The van der Waals surface area contributed by atoms with Crippen molar-refractivity contribution < 1.29 is 4.79 Å². The van der Waals surface area contributed by atoms with Crippen molar-refractivity contribution in [1.82, 2.24) is 10.2 Å². The van der Waals surface area contributed by atoms with Crippen LogP contribution in [-0.2, 0) is 17.9 Å². The minimum absolute atomic E-state index is 0.113. The summed E-state index contributed by atoms with van der Waals surface area (Å²) >= 11 is 1.56. The van der Waals surface area contributed by atoms with Crippen molar-refractivity contribution in [3.05, 3.63) is 35.4 Å². The van der Waals surface area contributed by atoms with Crippen LogP contribution in [0.2, 0.25) is 0 Å². The van der Waals surface area contributed by atoms with Gasteiger partial charge < -0.3 is 5.32 Å². The van der Waals surface area contributed by atoms with Crippen LogP contribution in [0.1, 0.15) is 31.4 Å². The number of nitrogens with one attached hydrogen (secondary N) is 1. The number of hydrogen-bond donors (Lipinski definition) is 1. The third kappa shape index (κ3) is 5.33. The topological polar surface area (TPSA) is 32.3 Å². The molecule has 1 aromatic carbocycles. The summed E-state index contributed by atoms with van der Waals surface area (Å²) < 4.78 is 0. The Hall–Kier alpha value is -1.00. The molecule has 1 saturated heterocycles. The number of nitrogens with zero attached hydrogens (tertiary/aromatic N) is 1. The first-order chi connectivity index (χ1) is 10.6. The van der Waals surface area contributed by atoms with Crippen molar-refractivity contribution in [1.29, 1.82) is 0 Å². The van der Waals surface area contributed by atoms with E-state index in [0.717, 1.165) is 18.4 Å². The van der Waals surface area contributed by atoms with Gasteiger partial charge in [-0.1, -0.05) is 38.1 Å². The lowest BCUT2D eigenvalue weighted by Gasteiger charge is -2.35. The van der Waals surface area contributed by atoms with Crippen LogP contribution in [0.15, 0.2) is 24.3 Å². The summed E-state index contributed by atoms with van der Waals surface area (Å²) in [5.74, 6) is 2.19. The fraction of sp³-hybridized carbons (Fsp3) is 0.611. The highest BCUT2D eigenvalue weighted by Gasteiger charge is 2.22. The lowest BCUT2D eigenvalue weighted by atomic mass is 9.91. The number of carbonyl (C=O) groups is 1. The largest absolute Gasteiger partial charge is 0.351 e. The standard InChI is InChI=1S/C18H28N2OS/c1-14-8-15(2)11-20(10-14)12-17-7-5-4-6-16(17)9-19-18(21)13-22-3/h4-7,14-15H,8-13H2,1-3H3,(H,19,21)/t14-,15-/m0/s1. The van der Waals surface area contributed by atoms with Crippen LogP contribution in [0.4, 0.5) is 0 Å². The summed E-state index contributed by atoms with van der Waals surface area (Å²) in [6.07, 6.45) is 3.29. The Morgan fingerprint density at radius 1 is 1.23 bits per heavy atom. The first-order valence-electron chi connectivity index (χ1n) is 8.13. The molecule has 0 bridgehead atoms. The zero-order chi connectivity index (χ0) is 15.9. The van der Waals surface area contributed by atoms with Crippen LogP contribution >= 0.6 is 11.8 Å². The van der Waals surface area contributed by atoms with Gasteiger partial charge in [0.15, 0.2) is 0 Å². The third-order valence-electron chi connectivity index (χ3n) is 4.21. The molecule has 0 aliphatic carbocycles. The number of carbonyl (C=O) groups excluding carboxylic acids is 1. The van der Waals surface area contributed by atoms with Gasteiger partial charge in [-0.15, -0.1) is 0 Å². The summed E-state index contributed by atoms with van der Waals surface area (Å²) in [4.78, 5) is 14.2. The molecule has 1 N–H and O–H groups in total. The summed E-state index contributed by atoms with van der Waals surface area (Å²) in [5.41, 5.74) is 2.58. The highest BCUT2D eigenvalue weighted by Crippen LogP contribution is 2.23. The van der Waals surface area contributed by atoms with E-state index in [1.54, 1.807) is 11.8 Å². The summed E-state index contributed by atoms with van der Waals surface area (Å²) in [7, 11) is 0. The van der Waals surface area contributed by atoms with E-state index in [-0.39, 0.29) is 5.91 Å². The van der Waals surface area contributed by atoms with Crippen LogP contribution in [-0.4, -0.2) is 35.9 Å². The lowest BCUT2D eigenvalue weighted by molar-refractivity contribution is -0.118. The Kier molecular flexibility index (Phi) is 6.77. The minimum atomic E-state index is 0.113. The molecule has 0 unspecified atom stereocenters. The van der Waals surface area contributed by atoms with Crippen molar-refractivity contribution in [3.8, 4) is 0 Å². The molecule has 0 saturated carbocycles. The quantitative estimate of drug-likeness (QED) is 0.874. The van der Waals surface area contributed by atoms with Gasteiger partial charge in [0.1, 0.15) is 0 Å². The summed E-state index contributed by atoms with van der Waals surface area (Å²) in [5, 5.41) is 3.02. The number of likely N-dealkylation sites (tertiary alicyclic amines) is 1. The van der Waals surface area contributed by atoms with Gasteiger partial charge in [-0.05, 0) is 35.6 Å². The number of rotatable bonds is 6. The van der Waals surface area contributed by atoms with E-state index in [1.165, 1.54) is 30.6 Å². The van der Waals surface area contributed by atoms with Crippen LogP contribution in [0.3, 0.4) is 0 Å². The second kappa shape index (κ2) is 8.59. The van der Waals surface area contributed by atoms with Crippen LogP contribution in [0.25, 0.3) is 0 Å². The zero-order valence-corrected chi connectivity index (χ0v) is 14.8. The van der Waals surface area contributed by atoms with Gasteiger partial charge in [0, 0.05) is 26.2 Å². The molecule has 0 spiro atoms. The van der Waals surface area contributed by atoms with E-state index in [2.05, 4.69) is 48.3 Å². The van der Waals surface area contributed by atoms with Crippen LogP contribution in [0, 0.1) is 11.8 Å². The maximum absolute atomic E-state index is 11.7. The molecule has 122 valence electrons. The highest BCUT2D eigenvalue weighted by molar-refractivity contribution is 7.99. The lowest BCUT2D eigenvalue weighted by Crippen LogP contribution is -2.38. The smallest absolute Gasteiger partial charge is 0.230 e. The molecule has 4 heteroatoms. The van der Waals surface area contributed by atoms with E-state index in [4.69, 9.17) is 0 Å². The summed E-state index contributed by atoms with van der Waals surface area (Å²) in [6.45, 7) is 8.67. The van der Waals surface area contributed by atoms with Gasteiger partial charge in [-0.25, -0.2) is 0 Å². The molecular weight excluding hydrogens is 292 g/mol. The molecule has 1 heterocycles. The fourth-order valence-corrected chi connectivity index (χ4v) is 3.79. The van der Waals surface area contributed by atoms with E-state index in [0.29, 0.717) is 12.3 Å². The fourth-order valence-electron chi connectivity index (χ4n) is 3.42. The van der Waals surface area contributed by atoms with Crippen molar-refractivity contribution in [3.63, 3.8) is 0 Å². The second-order valence-electron chi connectivity index (χ2n) is 6.62. The maximum Gasteiger partial charge on any atom is 0.230 e. The molecule has 0 aromatic heterocycles. The van der Waals surface area contributed by atoms with Gasteiger partial charge in [-0.2, -0.15) is 11.8 Å². The molecule has 1 aliphatic rings. The van der Waals surface area contributed by atoms with Gasteiger partial charge in [-0.3, -0.25) is 9.69 Å². The van der Waals surface area contributed by atoms with Crippen LogP contribution in [0.5, 0.6) is 0 Å². The maximum atomic E-state index is 11.7. The van der Waals surface area contributed by atoms with Crippen molar-refractivity contribution in [2.45, 2.75) is 33.4 Å². The first kappa shape index (κ1) is 17.4. The number of piperidine rings is 1. The van der Waals surface area contributed by atoms with Gasteiger partial charge in [0.25, 0.3) is 0 Å². The van der Waals surface area contributed by atoms with E-state index >= 15 is 0 Å². The Balaban J connectivity index is 1.97. The second-order valence-corrected chi connectivity index (χ2v) is 7.48. The predicted octanol–water partition coefficient (Wildman–Crippen LogP) is 3.14.